The van der Waals surface area contributed by atoms with Crippen molar-refractivity contribution < 1.29 is 14.4 Å². The van der Waals surface area contributed by atoms with Gasteiger partial charge in [-0.3, -0.25) is 9.59 Å². The molecule has 0 spiro atoms. The number of halogens is 2. The van der Waals surface area contributed by atoms with Gasteiger partial charge in [0.05, 0.1) is 21.4 Å². The molecule has 0 atom stereocenters. The van der Waals surface area contributed by atoms with Crippen LogP contribution in [0.15, 0.2) is 47.6 Å². The summed E-state index contributed by atoms with van der Waals surface area (Å²) in [6.45, 7) is 1.53. The molecule has 0 heterocycles. The summed E-state index contributed by atoms with van der Waals surface area (Å²) in [5, 5.41) is 9.39. The fourth-order valence-electron chi connectivity index (χ4n) is 1.82. The fraction of sp³-hybridized carbons (Fsp3) is 0.118. The van der Waals surface area contributed by atoms with Crippen molar-refractivity contribution in [3.63, 3.8) is 0 Å². The van der Waals surface area contributed by atoms with E-state index in [4.69, 9.17) is 28.0 Å². The molecule has 2 aromatic rings. The number of rotatable bonds is 6. The van der Waals surface area contributed by atoms with Crippen molar-refractivity contribution in [2.24, 2.45) is 5.16 Å². The highest BCUT2D eigenvalue weighted by atomic mass is 35.5. The number of aryl methyl sites for hydroxylation is 1. The van der Waals surface area contributed by atoms with Crippen LogP contribution in [0.2, 0.25) is 10.0 Å². The quantitative estimate of drug-likeness (QED) is 0.590. The Bertz CT molecular complexity index is 809. The molecule has 0 fully saturated rings. The topological polar surface area (TPSA) is 79.8 Å². The molecule has 0 aromatic heterocycles. The van der Waals surface area contributed by atoms with E-state index in [1.165, 1.54) is 0 Å². The number of hydrogen-bond acceptors (Lipinski definition) is 4. The van der Waals surface area contributed by atoms with Crippen LogP contribution in [0.25, 0.3) is 0 Å². The summed E-state index contributed by atoms with van der Waals surface area (Å²) < 4.78 is 0. The van der Waals surface area contributed by atoms with Gasteiger partial charge in [0.2, 0.25) is 0 Å². The van der Waals surface area contributed by atoms with Crippen LogP contribution in [0.1, 0.15) is 5.56 Å². The molecule has 2 rings (SSSR count). The number of oxime groups is 1. The maximum atomic E-state index is 11.7. The third kappa shape index (κ3) is 6.10. The average molecular weight is 380 g/mol. The maximum absolute atomic E-state index is 11.7. The van der Waals surface area contributed by atoms with Crippen LogP contribution in [-0.2, 0) is 14.4 Å². The van der Waals surface area contributed by atoms with Crippen molar-refractivity contribution in [3.8, 4) is 0 Å². The summed E-state index contributed by atoms with van der Waals surface area (Å²) >= 11 is 11.9. The van der Waals surface area contributed by atoms with Gasteiger partial charge in [0.15, 0.2) is 6.61 Å². The summed E-state index contributed by atoms with van der Waals surface area (Å²) in [4.78, 5) is 28.2. The summed E-state index contributed by atoms with van der Waals surface area (Å²) in [6.07, 6.45) is 0.912. The van der Waals surface area contributed by atoms with Crippen LogP contribution in [0.5, 0.6) is 0 Å². The first-order valence-corrected chi connectivity index (χ1v) is 7.98. The van der Waals surface area contributed by atoms with Crippen LogP contribution in [0.3, 0.4) is 0 Å². The maximum Gasteiger partial charge on any atom is 0.270 e. The highest BCUT2D eigenvalue weighted by Gasteiger charge is 2.07. The van der Waals surface area contributed by atoms with E-state index in [9.17, 15) is 9.59 Å². The monoisotopic (exact) mass is 379 g/mol. The molecule has 0 bridgehead atoms. The molecule has 0 unspecified atom stereocenters. The molecule has 2 aromatic carbocycles. The first kappa shape index (κ1) is 18.8. The lowest BCUT2D eigenvalue weighted by Gasteiger charge is -2.07. The van der Waals surface area contributed by atoms with Crippen molar-refractivity contribution in [2.75, 3.05) is 17.2 Å². The lowest BCUT2D eigenvalue weighted by molar-refractivity contribution is -0.120. The van der Waals surface area contributed by atoms with Crippen LogP contribution in [0.4, 0.5) is 11.4 Å². The van der Waals surface area contributed by atoms with Gasteiger partial charge in [-0.25, -0.2) is 0 Å². The predicted molar refractivity (Wildman–Crippen MR) is 99.3 cm³/mol. The first-order chi connectivity index (χ1) is 12.0. The van der Waals surface area contributed by atoms with Gasteiger partial charge in [0, 0.05) is 0 Å². The molecule has 0 aliphatic carbocycles. The zero-order chi connectivity index (χ0) is 18.2. The Morgan fingerprint density at radius 3 is 2.52 bits per heavy atom. The lowest BCUT2D eigenvalue weighted by Crippen LogP contribution is -2.18. The Morgan fingerprint density at radius 2 is 1.80 bits per heavy atom. The molecule has 0 saturated carbocycles. The second-order valence-electron chi connectivity index (χ2n) is 5.01. The molecular weight excluding hydrogens is 365 g/mol. The van der Waals surface area contributed by atoms with Crippen molar-refractivity contribution >= 4 is 52.6 Å². The van der Waals surface area contributed by atoms with E-state index >= 15 is 0 Å². The third-order valence-corrected chi connectivity index (χ3v) is 3.61. The zero-order valence-corrected chi connectivity index (χ0v) is 14.8. The van der Waals surface area contributed by atoms with Gasteiger partial charge in [-0.15, -0.1) is 0 Å². The van der Waals surface area contributed by atoms with Crippen molar-refractivity contribution in [2.45, 2.75) is 6.92 Å². The molecule has 0 saturated heterocycles. The largest absolute Gasteiger partial charge is 0.385 e. The number of nitrogens with zero attached hydrogens (tertiary/aromatic N) is 1. The molecular formula is C17H15Cl2N3O3. The Kier molecular flexibility index (Phi) is 6.80. The molecule has 2 amide bonds. The smallest absolute Gasteiger partial charge is 0.270 e. The predicted octanol–water partition coefficient (Wildman–Crippen LogP) is 3.88. The summed E-state index contributed by atoms with van der Waals surface area (Å²) in [6, 6.07) is 12.0. The minimum absolute atomic E-state index is 0.361. The Balaban J connectivity index is 1.77. The van der Waals surface area contributed by atoms with E-state index in [-0.39, 0.29) is 6.61 Å². The molecule has 25 heavy (non-hydrogen) atoms. The molecule has 0 radical (unpaired) electrons. The second-order valence-corrected chi connectivity index (χ2v) is 5.82. The first-order valence-electron chi connectivity index (χ1n) is 7.22. The Morgan fingerprint density at radius 1 is 1.08 bits per heavy atom. The molecule has 2 N–H and O–H groups in total. The lowest BCUT2D eigenvalue weighted by atomic mass is 10.2. The Labute approximate surface area is 154 Å². The Hall–Kier alpha value is -2.57. The third-order valence-electron chi connectivity index (χ3n) is 2.97. The highest BCUT2D eigenvalue weighted by molar-refractivity contribution is 6.36. The van der Waals surface area contributed by atoms with E-state index in [0.717, 1.165) is 11.8 Å². The summed E-state index contributed by atoms with van der Waals surface area (Å²) in [5.74, 6) is -0.982. The number of benzene rings is 2. The molecule has 130 valence electrons. The minimum atomic E-state index is -0.532. The number of hydrogen-bond donors (Lipinski definition) is 2. The van der Waals surface area contributed by atoms with Gasteiger partial charge in [-0.05, 0) is 36.8 Å². The van der Waals surface area contributed by atoms with Crippen LogP contribution in [0, 0.1) is 6.92 Å². The van der Waals surface area contributed by atoms with Crippen molar-refractivity contribution in [3.05, 3.63) is 58.1 Å². The minimum Gasteiger partial charge on any atom is -0.385 e. The van der Waals surface area contributed by atoms with Gasteiger partial charge in [0.25, 0.3) is 11.8 Å². The van der Waals surface area contributed by atoms with E-state index in [2.05, 4.69) is 15.8 Å². The SMILES string of the molecule is Cc1ccc(NC(=O)CON=CC(=O)Nc2ccccc2Cl)c(Cl)c1. The van der Waals surface area contributed by atoms with Crippen molar-refractivity contribution in [1.82, 2.24) is 0 Å². The molecule has 0 aliphatic heterocycles. The summed E-state index contributed by atoms with van der Waals surface area (Å²) in [5.41, 5.74) is 1.90. The number of carbonyl (C=O) groups excluding carboxylic acids is 2. The molecule has 8 heteroatoms. The number of para-hydroxylation sites is 1. The summed E-state index contributed by atoms with van der Waals surface area (Å²) in [7, 11) is 0. The van der Waals surface area contributed by atoms with Crippen molar-refractivity contribution in [1.29, 1.82) is 0 Å². The normalized spacial score (nSPS) is 10.5. The zero-order valence-electron chi connectivity index (χ0n) is 13.3. The highest BCUT2D eigenvalue weighted by Crippen LogP contribution is 2.22. The molecule has 6 nitrogen and oxygen atoms in total. The van der Waals surface area contributed by atoms with Gasteiger partial charge >= 0.3 is 0 Å². The van der Waals surface area contributed by atoms with Crippen LogP contribution >= 0.6 is 23.2 Å². The van der Waals surface area contributed by atoms with E-state index in [1.807, 2.05) is 13.0 Å². The fourth-order valence-corrected chi connectivity index (χ4v) is 2.28. The van der Waals surface area contributed by atoms with Gasteiger partial charge < -0.3 is 15.5 Å². The van der Waals surface area contributed by atoms with Crippen LogP contribution in [-0.4, -0.2) is 24.6 Å². The number of carbonyl (C=O) groups is 2. The van der Waals surface area contributed by atoms with E-state index in [1.54, 1.807) is 36.4 Å². The number of anilines is 2. The van der Waals surface area contributed by atoms with E-state index < -0.39 is 11.8 Å². The second kappa shape index (κ2) is 9.05. The van der Waals surface area contributed by atoms with Gasteiger partial charge in [0.1, 0.15) is 6.21 Å². The van der Waals surface area contributed by atoms with E-state index in [0.29, 0.717) is 21.4 Å². The number of nitrogens with one attached hydrogen (secondary N) is 2. The molecule has 0 aliphatic rings. The average Bonchev–Trinajstić information content (AvgIpc) is 2.56. The van der Waals surface area contributed by atoms with Gasteiger partial charge in [-0.1, -0.05) is 46.6 Å². The standard InChI is InChI=1S/C17H15Cl2N3O3/c1-11-6-7-15(13(19)8-11)22-17(24)10-25-20-9-16(23)21-14-5-3-2-4-12(14)18/h2-9H,10H2,1H3,(H,21,23)(H,22,24). The number of amides is 2. The van der Waals surface area contributed by atoms with Gasteiger partial charge in [-0.2, -0.15) is 0 Å². The van der Waals surface area contributed by atoms with Crippen LogP contribution < -0.4 is 10.6 Å².